The summed E-state index contributed by atoms with van der Waals surface area (Å²) in [4.78, 5) is 9.82. The van der Waals surface area contributed by atoms with E-state index in [0.717, 1.165) is 5.92 Å². The molecule has 1 aliphatic rings. The maximum Gasteiger partial charge on any atom is 0.302 e. The number of carbonyl (C=O) groups excluding carboxylic acids is 1. The van der Waals surface area contributed by atoms with E-state index in [9.17, 15) is 4.79 Å². The summed E-state index contributed by atoms with van der Waals surface area (Å²) in [5, 5.41) is 0. The highest BCUT2D eigenvalue weighted by molar-refractivity contribution is 5.65. The van der Waals surface area contributed by atoms with Crippen molar-refractivity contribution < 1.29 is 9.53 Å². The Morgan fingerprint density at radius 3 is 2.38 bits per heavy atom. The molecule has 1 saturated carbocycles. The third-order valence-corrected chi connectivity index (χ3v) is 3.45. The molecule has 1 unspecified atom stereocenters. The summed E-state index contributed by atoms with van der Waals surface area (Å²) in [6, 6.07) is 0. The van der Waals surface area contributed by atoms with Gasteiger partial charge in [0.05, 0.1) is 6.61 Å². The topological polar surface area (TPSA) is 26.3 Å². The summed E-state index contributed by atoms with van der Waals surface area (Å²) in [5.74, 6) is 0.513. The van der Waals surface area contributed by atoms with Gasteiger partial charge < -0.3 is 4.74 Å². The summed E-state index contributed by atoms with van der Waals surface area (Å²) < 4.78 is 4.40. The Kier molecular flexibility index (Phi) is 6.39. The lowest BCUT2D eigenvalue weighted by atomic mass is 9.68. The van der Waals surface area contributed by atoms with E-state index in [1.165, 1.54) is 31.8 Å². The molecular weight excluding hydrogens is 200 g/mol. The molecule has 0 aromatic heterocycles. The molecule has 0 aliphatic heterocycles. The molecule has 0 N–H and O–H groups in total. The normalized spacial score (nSPS) is 23.1. The Morgan fingerprint density at radius 2 is 2.12 bits per heavy atom. The quantitative estimate of drug-likeness (QED) is 0.500. The minimum atomic E-state index is -0.211. The SMILES string of the molecule is C=C1CCCC(C)(C)C1C.CCOC(C)=O. The van der Waals surface area contributed by atoms with E-state index in [1.807, 2.05) is 0 Å². The first-order chi connectivity index (χ1) is 7.31. The van der Waals surface area contributed by atoms with Crippen LogP contribution in [0, 0.1) is 11.3 Å². The fraction of sp³-hybridized carbons (Fsp3) is 0.786. The lowest BCUT2D eigenvalue weighted by Crippen LogP contribution is -2.26. The zero-order chi connectivity index (χ0) is 12.8. The predicted octanol–water partition coefficient (Wildman–Crippen LogP) is 3.96. The van der Waals surface area contributed by atoms with Gasteiger partial charge >= 0.3 is 5.97 Å². The van der Waals surface area contributed by atoms with Gasteiger partial charge in [0, 0.05) is 6.92 Å². The van der Waals surface area contributed by atoms with Gasteiger partial charge in [0.2, 0.25) is 0 Å². The highest BCUT2D eigenvalue weighted by atomic mass is 16.5. The molecule has 16 heavy (non-hydrogen) atoms. The Bertz CT molecular complexity index is 241. The van der Waals surface area contributed by atoms with Gasteiger partial charge in [-0.3, -0.25) is 4.79 Å². The monoisotopic (exact) mass is 226 g/mol. The van der Waals surface area contributed by atoms with Crippen LogP contribution < -0.4 is 0 Å². The fourth-order valence-corrected chi connectivity index (χ4v) is 1.96. The second-order valence-electron chi connectivity index (χ2n) is 5.15. The molecule has 94 valence electrons. The summed E-state index contributed by atoms with van der Waals surface area (Å²) in [6.07, 6.45) is 3.97. The van der Waals surface area contributed by atoms with Crippen molar-refractivity contribution in [2.24, 2.45) is 11.3 Å². The van der Waals surface area contributed by atoms with Gasteiger partial charge in [-0.25, -0.2) is 0 Å². The lowest BCUT2D eigenvalue weighted by Gasteiger charge is -2.37. The Morgan fingerprint density at radius 1 is 1.56 bits per heavy atom. The Hall–Kier alpha value is -0.790. The van der Waals surface area contributed by atoms with Crippen molar-refractivity contribution in [3.63, 3.8) is 0 Å². The van der Waals surface area contributed by atoms with Crippen LogP contribution in [0.2, 0.25) is 0 Å². The molecule has 1 atom stereocenters. The van der Waals surface area contributed by atoms with Crippen LogP contribution in [0.25, 0.3) is 0 Å². The number of hydrogen-bond acceptors (Lipinski definition) is 2. The van der Waals surface area contributed by atoms with E-state index < -0.39 is 0 Å². The number of rotatable bonds is 1. The summed E-state index contributed by atoms with van der Waals surface area (Å²) in [5.41, 5.74) is 1.96. The largest absolute Gasteiger partial charge is 0.466 e. The molecular formula is C14H26O2. The first kappa shape index (κ1) is 15.2. The maximum absolute atomic E-state index is 9.82. The van der Waals surface area contributed by atoms with Gasteiger partial charge in [0.1, 0.15) is 0 Å². The molecule has 0 spiro atoms. The second-order valence-corrected chi connectivity index (χ2v) is 5.15. The van der Waals surface area contributed by atoms with Crippen molar-refractivity contribution in [1.82, 2.24) is 0 Å². The van der Waals surface area contributed by atoms with Crippen LogP contribution in [0.4, 0.5) is 0 Å². The van der Waals surface area contributed by atoms with Crippen LogP contribution in [-0.2, 0) is 9.53 Å². The van der Waals surface area contributed by atoms with Gasteiger partial charge in [0.25, 0.3) is 0 Å². The van der Waals surface area contributed by atoms with Gasteiger partial charge in [0.15, 0.2) is 0 Å². The molecule has 0 heterocycles. The van der Waals surface area contributed by atoms with Crippen LogP contribution in [0.3, 0.4) is 0 Å². The number of hydrogen-bond donors (Lipinski definition) is 0. The van der Waals surface area contributed by atoms with E-state index in [2.05, 4.69) is 32.1 Å². The molecule has 0 aromatic carbocycles. The molecule has 2 heteroatoms. The van der Waals surface area contributed by atoms with Gasteiger partial charge in [-0.2, -0.15) is 0 Å². The molecule has 1 aliphatic carbocycles. The first-order valence-electron chi connectivity index (χ1n) is 6.12. The summed E-state index contributed by atoms with van der Waals surface area (Å²) >= 11 is 0. The average molecular weight is 226 g/mol. The Balaban J connectivity index is 0.000000325. The number of allylic oxidation sites excluding steroid dienone is 1. The van der Waals surface area contributed by atoms with Crippen molar-refractivity contribution in [2.45, 2.75) is 53.9 Å². The molecule has 0 aromatic rings. The summed E-state index contributed by atoms with van der Waals surface area (Å²) in [6.45, 7) is 14.7. The number of ether oxygens (including phenoxy) is 1. The van der Waals surface area contributed by atoms with Crippen LogP contribution >= 0.6 is 0 Å². The second kappa shape index (κ2) is 6.72. The van der Waals surface area contributed by atoms with Gasteiger partial charge in [-0.05, 0) is 37.5 Å². The van der Waals surface area contributed by atoms with Crippen LogP contribution in [0.1, 0.15) is 53.9 Å². The van der Waals surface area contributed by atoms with E-state index in [4.69, 9.17) is 0 Å². The summed E-state index contributed by atoms with van der Waals surface area (Å²) in [7, 11) is 0. The maximum atomic E-state index is 9.82. The minimum absolute atomic E-state index is 0.211. The Labute approximate surface area is 100 Å². The molecule has 1 rings (SSSR count). The van der Waals surface area contributed by atoms with Crippen molar-refractivity contribution in [3.8, 4) is 0 Å². The zero-order valence-corrected chi connectivity index (χ0v) is 11.4. The lowest BCUT2D eigenvalue weighted by molar-refractivity contribution is -0.140. The highest BCUT2D eigenvalue weighted by Crippen LogP contribution is 2.42. The van der Waals surface area contributed by atoms with Crippen molar-refractivity contribution >= 4 is 5.97 Å². The van der Waals surface area contributed by atoms with E-state index >= 15 is 0 Å². The predicted molar refractivity (Wildman–Crippen MR) is 68.2 cm³/mol. The van der Waals surface area contributed by atoms with Crippen LogP contribution in [0.5, 0.6) is 0 Å². The van der Waals surface area contributed by atoms with Crippen molar-refractivity contribution in [3.05, 3.63) is 12.2 Å². The van der Waals surface area contributed by atoms with E-state index in [-0.39, 0.29) is 5.97 Å². The number of carbonyl (C=O) groups is 1. The molecule has 1 fully saturated rings. The van der Waals surface area contributed by atoms with Crippen LogP contribution in [-0.4, -0.2) is 12.6 Å². The third-order valence-electron chi connectivity index (χ3n) is 3.45. The highest BCUT2D eigenvalue weighted by Gasteiger charge is 2.30. The standard InChI is InChI=1S/C10H18.C4H8O2/c1-8-6-5-7-10(3,4)9(8)2;1-3-6-4(2)5/h9H,1,5-7H2,2-4H3;3H2,1-2H3. The smallest absolute Gasteiger partial charge is 0.302 e. The van der Waals surface area contributed by atoms with Gasteiger partial charge in [-0.1, -0.05) is 32.9 Å². The van der Waals surface area contributed by atoms with Crippen LogP contribution in [0.15, 0.2) is 12.2 Å². The average Bonchev–Trinajstić information content (AvgIpc) is 2.15. The van der Waals surface area contributed by atoms with Crippen molar-refractivity contribution in [2.75, 3.05) is 6.61 Å². The molecule has 0 bridgehead atoms. The third kappa shape index (κ3) is 5.34. The zero-order valence-electron chi connectivity index (χ0n) is 11.4. The van der Waals surface area contributed by atoms with E-state index in [0.29, 0.717) is 12.0 Å². The fourth-order valence-electron chi connectivity index (χ4n) is 1.96. The molecule has 0 amide bonds. The van der Waals surface area contributed by atoms with Gasteiger partial charge in [-0.15, -0.1) is 0 Å². The molecule has 2 nitrogen and oxygen atoms in total. The first-order valence-corrected chi connectivity index (χ1v) is 6.12. The van der Waals surface area contributed by atoms with E-state index in [1.54, 1.807) is 6.92 Å². The number of esters is 1. The molecule has 0 radical (unpaired) electrons. The minimum Gasteiger partial charge on any atom is -0.466 e. The molecule has 0 saturated heterocycles. The van der Waals surface area contributed by atoms with Crippen molar-refractivity contribution in [1.29, 1.82) is 0 Å².